The van der Waals surface area contributed by atoms with E-state index in [0.29, 0.717) is 6.54 Å². The first-order valence-electron chi connectivity index (χ1n) is 9.01. The summed E-state index contributed by atoms with van der Waals surface area (Å²) in [6, 6.07) is 15.2. The van der Waals surface area contributed by atoms with Crippen LogP contribution in [-0.4, -0.2) is 20.4 Å². The smallest absolute Gasteiger partial charge is 0.216 e. The van der Waals surface area contributed by atoms with Crippen LogP contribution in [0.2, 0.25) is 0 Å². The van der Waals surface area contributed by atoms with E-state index in [2.05, 4.69) is 22.0 Å². The fourth-order valence-corrected chi connectivity index (χ4v) is 4.13. The zero-order valence-corrected chi connectivity index (χ0v) is 19.6. The standard InChI is InChI=1S/C20H28N4O2S.HI/c1-4-16-9-11-19(12-10-16)23-20(21)22-13-17-7-5-6-8-18(17)14-27(25,26)24-15(2)3;/h5-12,15,24H,4,13-14H2,1-3H3,(H3,21,22,23);1H. The number of hydrogen-bond donors (Lipinski definition) is 3. The lowest BCUT2D eigenvalue weighted by molar-refractivity contribution is 0.569. The van der Waals surface area contributed by atoms with Crippen LogP contribution in [0.3, 0.4) is 0 Å². The summed E-state index contributed by atoms with van der Waals surface area (Å²) in [4.78, 5) is 4.35. The highest BCUT2D eigenvalue weighted by Gasteiger charge is 2.15. The fraction of sp³-hybridized carbons (Fsp3) is 0.350. The number of anilines is 1. The van der Waals surface area contributed by atoms with Crippen LogP contribution < -0.4 is 15.8 Å². The van der Waals surface area contributed by atoms with Gasteiger partial charge in [0, 0.05) is 11.7 Å². The molecule has 0 aliphatic rings. The van der Waals surface area contributed by atoms with Crippen molar-refractivity contribution in [1.82, 2.24) is 4.72 Å². The summed E-state index contributed by atoms with van der Waals surface area (Å²) in [5, 5.41) is 3.05. The Bertz CT molecular complexity index is 881. The molecule has 0 fully saturated rings. The molecule has 28 heavy (non-hydrogen) atoms. The molecular formula is C20H29IN4O2S. The molecule has 0 saturated heterocycles. The van der Waals surface area contributed by atoms with Crippen molar-refractivity contribution < 1.29 is 8.42 Å². The number of nitrogens with two attached hydrogens (primary N) is 1. The molecule has 6 nitrogen and oxygen atoms in total. The van der Waals surface area contributed by atoms with E-state index in [1.807, 2.05) is 42.5 Å². The van der Waals surface area contributed by atoms with Gasteiger partial charge in [0.25, 0.3) is 0 Å². The zero-order valence-electron chi connectivity index (χ0n) is 16.5. The summed E-state index contributed by atoms with van der Waals surface area (Å²) in [6.07, 6.45) is 0.981. The SMILES string of the molecule is CCc1ccc(NC(N)=NCc2ccccc2CS(=O)(=O)NC(C)C)cc1.I. The van der Waals surface area contributed by atoms with Crippen LogP contribution in [0, 0.1) is 0 Å². The van der Waals surface area contributed by atoms with Crippen molar-refractivity contribution in [2.75, 3.05) is 5.32 Å². The summed E-state index contributed by atoms with van der Waals surface area (Å²) >= 11 is 0. The lowest BCUT2D eigenvalue weighted by Crippen LogP contribution is -2.31. The van der Waals surface area contributed by atoms with E-state index >= 15 is 0 Å². The van der Waals surface area contributed by atoms with Crippen molar-refractivity contribution in [3.8, 4) is 0 Å². The lowest BCUT2D eigenvalue weighted by Gasteiger charge is -2.12. The van der Waals surface area contributed by atoms with Crippen molar-refractivity contribution in [3.05, 3.63) is 65.2 Å². The molecule has 0 heterocycles. The number of aliphatic imine (C=N–C) groups is 1. The van der Waals surface area contributed by atoms with Crippen molar-refractivity contribution in [3.63, 3.8) is 0 Å². The van der Waals surface area contributed by atoms with Crippen LogP contribution in [0.25, 0.3) is 0 Å². The van der Waals surface area contributed by atoms with Crippen molar-refractivity contribution in [2.24, 2.45) is 10.7 Å². The molecular weight excluding hydrogens is 487 g/mol. The monoisotopic (exact) mass is 516 g/mol. The molecule has 0 amide bonds. The molecule has 0 unspecified atom stereocenters. The van der Waals surface area contributed by atoms with Crippen molar-refractivity contribution in [2.45, 2.75) is 45.5 Å². The van der Waals surface area contributed by atoms with Gasteiger partial charge in [-0.05, 0) is 49.1 Å². The maximum Gasteiger partial charge on any atom is 0.216 e. The summed E-state index contributed by atoms with van der Waals surface area (Å²) in [6.45, 7) is 6.01. The van der Waals surface area contributed by atoms with Gasteiger partial charge in [0.05, 0.1) is 12.3 Å². The Morgan fingerprint density at radius 2 is 1.68 bits per heavy atom. The highest BCUT2D eigenvalue weighted by molar-refractivity contribution is 14.0. The predicted octanol–water partition coefficient (Wildman–Crippen LogP) is 3.62. The number of benzene rings is 2. The molecule has 0 spiro atoms. The minimum absolute atomic E-state index is 0. The molecule has 0 radical (unpaired) electrons. The molecule has 154 valence electrons. The van der Waals surface area contributed by atoms with Gasteiger partial charge in [0.15, 0.2) is 5.96 Å². The molecule has 0 aliphatic carbocycles. The topological polar surface area (TPSA) is 96.6 Å². The Balaban J connectivity index is 0.00000392. The number of aryl methyl sites for hydroxylation is 1. The number of rotatable bonds is 8. The summed E-state index contributed by atoms with van der Waals surface area (Å²) in [7, 11) is -3.40. The second-order valence-corrected chi connectivity index (χ2v) is 8.43. The maximum atomic E-state index is 12.2. The Morgan fingerprint density at radius 3 is 2.25 bits per heavy atom. The molecule has 0 aliphatic heterocycles. The third-order valence-electron chi connectivity index (χ3n) is 3.93. The lowest BCUT2D eigenvalue weighted by atomic mass is 10.1. The zero-order chi connectivity index (χ0) is 19.9. The van der Waals surface area contributed by atoms with E-state index in [1.54, 1.807) is 19.9 Å². The van der Waals surface area contributed by atoms with Gasteiger partial charge in [-0.2, -0.15) is 0 Å². The van der Waals surface area contributed by atoms with Gasteiger partial charge in [0.1, 0.15) is 0 Å². The van der Waals surface area contributed by atoms with Gasteiger partial charge in [-0.3, -0.25) is 0 Å². The average Bonchev–Trinajstić information content (AvgIpc) is 2.60. The Kier molecular flexibility index (Phi) is 9.91. The van der Waals surface area contributed by atoms with Gasteiger partial charge >= 0.3 is 0 Å². The van der Waals surface area contributed by atoms with E-state index in [-0.39, 0.29) is 41.7 Å². The average molecular weight is 516 g/mol. The van der Waals surface area contributed by atoms with Crippen LogP contribution in [0.4, 0.5) is 5.69 Å². The molecule has 2 aromatic carbocycles. The van der Waals surface area contributed by atoms with E-state index in [1.165, 1.54) is 5.56 Å². The highest BCUT2D eigenvalue weighted by atomic mass is 127. The summed E-state index contributed by atoms with van der Waals surface area (Å²) in [5.74, 6) is 0.208. The molecule has 2 aromatic rings. The number of nitrogens with one attached hydrogen (secondary N) is 2. The maximum absolute atomic E-state index is 12.2. The van der Waals surface area contributed by atoms with Gasteiger partial charge < -0.3 is 11.1 Å². The van der Waals surface area contributed by atoms with Crippen LogP contribution in [0.1, 0.15) is 37.5 Å². The van der Waals surface area contributed by atoms with Crippen molar-refractivity contribution >= 4 is 45.6 Å². The summed E-state index contributed by atoms with van der Waals surface area (Å²) < 4.78 is 27.0. The molecule has 0 atom stereocenters. The van der Waals surface area contributed by atoms with Crippen LogP contribution >= 0.6 is 24.0 Å². The van der Waals surface area contributed by atoms with Gasteiger partial charge in [-0.15, -0.1) is 24.0 Å². The number of sulfonamides is 1. The minimum atomic E-state index is -3.40. The Labute approximate surface area is 185 Å². The Hall–Kier alpha value is -1.65. The third-order valence-corrected chi connectivity index (χ3v) is 5.46. The third kappa shape index (κ3) is 8.15. The molecule has 4 N–H and O–H groups in total. The van der Waals surface area contributed by atoms with E-state index in [9.17, 15) is 8.42 Å². The Morgan fingerprint density at radius 1 is 1.07 bits per heavy atom. The van der Waals surface area contributed by atoms with Gasteiger partial charge in [-0.25, -0.2) is 18.1 Å². The van der Waals surface area contributed by atoms with E-state index in [4.69, 9.17) is 5.73 Å². The molecule has 0 aromatic heterocycles. The quantitative estimate of drug-likeness (QED) is 0.284. The normalized spacial score (nSPS) is 11.9. The largest absolute Gasteiger partial charge is 0.370 e. The van der Waals surface area contributed by atoms with E-state index in [0.717, 1.165) is 23.2 Å². The predicted molar refractivity (Wildman–Crippen MR) is 128 cm³/mol. The highest BCUT2D eigenvalue weighted by Crippen LogP contribution is 2.14. The van der Waals surface area contributed by atoms with Crippen LogP contribution in [0.15, 0.2) is 53.5 Å². The number of nitrogens with zero attached hydrogens (tertiary/aromatic N) is 1. The second-order valence-electron chi connectivity index (χ2n) is 6.68. The molecule has 0 bridgehead atoms. The number of guanidine groups is 1. The van der Waals surface area contributed by atoms with Gasteiger partial charge in [-0.1, -0.05) is 43.3 Å². The molecule has 0 saturated carbocycles. The minimum Gasteiger partial charge on any atom is -0.370 e. The van der Waals surface area contributed by atoms with Crippen molar-refractivity contribution in [1.29, 1.82) is 0 Å². The number of hydrogen-bond acceptors (Lipinski definition) is 3. The van der Waals surface area contributed by atoms with E-state index < -0.39 is 10.0 Å². The first kappa shape index (κ1) is 24.4. The van der Waals surface area contributed by atoms with Crippen LogP contribution in [-0.2, 0) is 28.7 Å². The summed E-state index contributed by atoms with van der Waals surface area (Å²) in [5.41, 5.74) is 9.64. The molecule has 2 rings (SSSR count). The first-order chi connectivity index (χ1) is 12.8. The first-order valence-corrected chi connectivity index (χ1v) is 10.7. The van der Waals surface area contributed by atoms with Crippen LogP contribution in [0.5, 0.6) is 0 Å². The number of halogens is 1. The van der Waals surface area contributed by atoms with Gasteiger partial charge in [0.2, 0.25) is 10.0 Å². The fourth-order valence-electron chi connectivity index (χ4n) is 2.64. The second kappa shape index (κ2) is 11.4. The molecule has 8 heteroatoms.